The van der Waals surface area contributed by atoms with Gasteiger partial charge in [0.2, 0.25) is 0 Å². The van der Waals surface area contributed by atoms with Gasteiger partial charge in [-0.05, 0) is 54.4 Å². The molecule has 3 unspecified atom stereocenters. The molecule has 1 saturated heterocycles. The Labute approximate surface area is 116 Å². The fourth-order valence-corrected chi connectivity index (χ4v) is 4.59. The minimum Gasteiger partial charge on any atom is -0.378 e. The van der Waals surface area contributed by atoms with Crippen molar-refractivity contribution in [1.29, 1.82) is 0 Å². The molecule has 96 valence electrons. The van der Waals surface area contributed by atoms with Crippen LogP contribution >= 0.6 is 27.3 Å². The quantitative estimate of drug-likeness (QED) is 0.909. The Morgan fingerprint density at radius 1 is 1.65 bits per heavy atom. The summed E-state index contributed by atoms with van der Waals surface area (Å²) in [6.07, 6.45) is 2.68. The van der Waals surface area contributed by atoms with Crippen molar-refractivity contribution in [3.8, 4) is 0 Å². The SMILES string of the molecule is CCC1OCCC1C(NC)c1cc(Br)sc1C. The first-order chi connectivity index (χ1) is 8.17. The first-order valence-electron chi connectivity index (χ1n) is 6.22. The van der Waals surface area contributed by atoms with Crippen molar-refractivity contribution in [2.75, 3.05) is 13.7 Å². The third kappa shape index (κ3) is 2.75. The number of ether oxygens (including phenoxy) is 1. The molecule has 4 heteroatoms. The highest BCUT2D eigenvalue weighted by molar-refractivity contribution is 9.11. The lowest BCUT2D eigenvalue weighted by molar-refractivity contribution is 0.0782. The molecule has 1 aliphatic rings. The van der Waals surface area contributed by atoms with E-state index < -0.39 is 0 Å². The number of hydrogen-bond donors (Lipinski definition) is 1. The predicted molar refractivity (Wildman–Crippen MR) is 76.7 cm³/mol. The third-order valence-electron chi connectivity index (χ3n) is 3.66. The van der Waals surface area contributed by atoms with E-state index in [4.69, 9.17) is 4.74 Å². The van der Waals surface area contributed by atoms with E-state index in [0.29, 0.717) is 18.1 Å². The van der Waals surface area contributed by atoms with Crippen molar-refractivity contribution >= 4 is 27.3 Å². The third-order valence-corrected chi connectivity index (χ3v) is 5.23. The fraction of sp³-hybridized carbons (Fsp3) is 0.692. The summed E-state index contributed by atoms with van der Waals surface area (Å²) >= 11 is 5.40. The Bertz CT molecular complexity index is 379. The maximum Gasteiger partial charge on any atom is 0.0704 e. The van der Waals surface area contributed by atoms with E-state index in [9.17, 15) is 0 Å². The smallest absolute Gasteiger partial charge is 0.0704 e. The number of thiophene rings is 1. The van der Waals surface area contributed by atoms with E-state index in [0.717, 1.165) is 19.4 Å². The number of hydrogen-bond acceptors (Lipinski definition) is 3. The Kier molecular flexibility index (Phi) is 4.64. The molecule has 0 aromatic carbocycles. The average molecular weight is 318 g/mol. The minimum atomic E-state index is 0.408. The molecule has 0 radical (unpaired) electrons. The summed E-state index contributed by atoms with van der Waals surface area (Å²) in [5.74, 6) is 0.602. The maximum atomic E-state index is 5.82. The molecule has 0 amide bonds. The van der Waals surface area contributed by atoms with E-state index in [1.165, 1.54) is 14.2 Å². The largest absolute Gasteiger partial charge is 0.378 e. The molecule has 1 aromatic heterocycles. The summed E-state index contributed by atoms with van der Waals surface area (Å²) in [5, 5.41) is 3.48. The molecule has 2 heterocycles. The van der Waals surface area contributed by atoms with Gasteiger partial charge in [-0.1, -0.05) is 6.92 Å². The summed E-state index contributed by atoms with van der Waals surface area (Å²) in [6.45, 7) is 5.32. The Hall–Kier alpha value is 0.1000. The molecule has 1 fully saturated rings. The monoisotopic (exact) mass is 317 g/mol. The highest BCUT2D eigenvalue weighted by Gasteiger charge is 2.34. The van der Waals surface area contributed by atoms with Crippen LogP contribution in [0, 0.1) is 12.8 Å². The van der Waals surface area contributed by atoms with Gasteiger partial charge in [-0.2, -0.15) is 0 Å². The van der Waals surface area contributed by atoms with Crippen molar-refractivity contribution in [1.82, 2.24) is 5.32 Å². The molecule has 17 heavy (non-hydrogen) atoms. The highest BCUT2D eigenvalue weighted by atomic mass is 79.9. The second-order valence-electron chi connectivity index (χ2n) is 4.60. The summed E-state index contributed by atoms with van der Waals surface area (Å²) in [7, 11) is 2.06. The van der Waals surface area contributed by atoms with Gasteiger partial charge in [0.15, 0.2) is 0 Å². The number of nitrogens with one attached hydrogen (secondary N) is 1. The molecule has 3 atom stereocenters. The van der Waals surface area contributed by atoms with Crippen LogP contribution in [0.3, 0.4) is 0 Å². The van der Waals surface area contributed by atoms with Crippen LogP contribution in [0.15, 0.2) is 9.85 Å². The van der Waals surface area contributed by atoms with Crippen molar-refractivity contribution in [2.45, 2.75) is 38.8 Å². The first-order valence-corrected chi connectivity index (χ1v) is 7.83. The maximum absolute atomic E-state index is 5.82. The topological polar surface area (TPSA) is 21.3 Å². The molecule has 1 N–H and O–H groups in total. The molecule has 1 aliphatic heterocycles. The molecule has 2 nitrogen and oxygen atoms in total. The molecular weight excluding hydrogens is 298 g/mol. The predicted octanol–water partition coefficient (Wildman–Crippen LogP) is 3.89. The Morgan fingerprint density at radius 3 is 2.94 bits per heavy atom. The molecule has 2 rings (SSSR count). The number of rotatable bonds is 4. The summed E-state index contributed by atoms with van der Waals surface area (Å²) in [4.78, 5) is 1.40. The van der Waals surface area contributed by atoms with Gasteiger partial charge in [0, 0.05) is 23.4 Å². The van der Waals surface area contributed by atoms with Gasteiger partial charge in [0.05, 0.1) is 9.89 Å². The number of halogens is 1. The van der Waals surface area contributed by atoms with Gasteiger partial charge in [-0.3, -0.25) is 0 Å². The minimum absolute atomic E-state index is 0.408. The van der Waals surface area contributed by atoms with Gasteiger partial charge in [-0.25, -0.2) is 0 Å². The molecule has 0 saturated carbocycles. The van der Waals surface area contributed by atoms with Gasteiger partial charge >= 0.3 is 0 Å². The zero-order valence-electron chi connectivity index (χ0n) is 10.6. The second kappa shape index (κ2) is 5.83. The van der Waals surface area contributed by atoms with Crippen molar-refractivity contribution in [2.24, 2.45) is 5.92 Å². The van der Waals surface area contributed by atoms with Crippen LogP contribution in [-0.2, 0) is 4.74 Å². The van der Waals surface area contributed by atoms with Gasteiger partial charge in [-0.15, -0.1) is 11.3 Å². The normalized spacial score (nSPS) is 26.4. The van der Waals surface area contributed by atoms with Crippen LogP contribution in [0.4, 0.5) is 0 Å². The summed E-state index contributed by atoms with van der Waals surface area (Å²) in [6, 6.07) is 2.68. The molecule has 0 aliphatic carbocycles. The van der Waals surface area contributed by atoms with Crippen LogP contribution < -0.4 is 5.32 Å². The van der Waals surface area contributed by atoms with Crippen molar-refractivity contribution in [3.05, 3.63) is 20.3 Å². The lowest BCUT2D eigenvalue weighted by Crippen LogP contribution is -2.30. The van der Waals surface area contributed by atoms with Crippen LogP contribution in [-0.4, -0.2) is 19.8 Å². The summed E-state index contributed by atoms with van der Waals surface area (Å²) in [5.41, 5.74) is 1.43. The lowest BCUT2D eigenvalue weighted by atomic mass is 9.87. The zero-order valence-corrected chi connectivity index (χ0v) is 13.0. The van der Waals surface area contributed by atoms with E-state index in [1.54, 1.807) is 0 Å². The average Bonchev–Trinajstić information content (AvgIpc) is 2.88. The van der Waals surface area contributed by atoms with Crippen LogP contribution in [0.25, 0.3) is 0 Å². The van der Waals surface area contributed by atoms with E-state index >= 15 is 0 Å². The fourth-order valence-electron chi connectivity index (χ4n) is 2.83. The highest BCUT2D eigenvalue weighted by Crippen LogP contribution is 2.39. The lowest BCUT2D eigenvalue weighted by Gasteiger charge is -2.27. The number of aryl methyl sites for hydroxylation is 1. The molecule has 1 aromatic rings. The molecular formula is C13H20BrNOS. The van der Waals surface area contributed by atoms with Gasteiger partial charge in [0.25, 0.3) is 0 Å². The van der Waals surface area contributed by atoms with Gasteiger partial charge in [0.1, 0.15) is 0 Å². The first kappa shape index (κ1) is 13.5. The summed E-state index contributed by atoms with van der Waals surface area (Å²) < 4.78 is 7.04. The zero-order chi connectivity index (χ0) is 12.4. The molecule has 0 spiro atoms. The van der Waals surface area contributed by atoms with Crippen molar-refractivity contribution < 1.29 is 4.74 Å². The van der Waals surface area contributed by atoms with Crippen LogP contribution in [0.5, 0.6) is 0 Å². The van der Waals surface area contributed by atoms with Crippen LogP contribution in [0.2, 0.25) is 0 Å². The second-order valence-corrected chi connectivity index (χ2v) is 7.23. The standard InChI is InChI=1S/C13H20BrNOS/c1-4-11-9(5-6-16-11)13(15-3)10-7-12(14)17-8(10)2/h7,9,11,13,15H,4-6H2,1-3H3. The van der Waals surface area contributed by atoms with Crippen LogP contribution in [0.1, 0.15) is 36.2 Å². The van der Waals surface area contributed by atoms with E-state index in [2.05, 4.69) is 48.2 Å². The molecule has 0 bridgehead atoms. The van der Waals surface area contributed by atoms with E-state index in [-0.39, 0.29) is 0 Å². The van der Waals surface area contributed by atoms with Gasteiger partial charge < -0.3 is 10.1 Å². The van der Waals surface area contributed by atoms with Crippen molar-refractivity contribution in [3.63, 3.8) is 0 Å². The Morgan fingerprint density at radius 2 is 2.41 bits per heavy atom. The Balaban J connectivity index is 2.24. The van der Waals surface area contributed by atoms with E-state index in [1.807, 2.05) is 11.3 Å².